The fourth-order valence-corrected chi connectivity index (χ4v) is 4.98. The first-order valence-corrected chi connectivity index (χ1v) is 12.7. The van der Waals surface area contributed by atoms with Crippen molar-refractivity contribution in [1.29, 1.82) is 0 Å². The Morgan fingerprint density at radius 2 is 1.47 bits per heavy atom. The highest BCUT2D eigenvalue weighted by atomic mass is 35.5. The molecule has 5 rings (SSSR count). The van der Waals surface area contributed by atoms with Gasteiger partial charge in [-0.25, -0.2) is 14.5 Å². The largest absolute Gasteiger partial charge is 0.309 e. The van der Waals surface area contributed by atoms with Gasteiger partial charge in [0.15, 0.2) is 0 Å². The van der Waals surface area contributed by atoms with Gasteiger partial charge in [0, 0.05) is 5.02 Å². The number of nitro groups is 1. The number of aromatic nitrogens is 5. The molecule has 0 aliphatic heterocycles. The zero-order valence-electron chi connectivity index (χ0n) is 18.2. The summed E-state index contributed by atoms with van der Waals surface area (Å²) in [6.45, 7) is 0. The molecule has 0 amide bonds. The standard InChI is InChI=1S/C16H9Cl2N5O.C6Cl5NO2/c17-10-5-6-14(12(18)7-10)23-15(24)11-3-1-2-4-13(11)21-16(23)22-9-19-8-20-22;7-1-2(8)4(10)6(12(13)14)5(11)3(1)9/h1-9H;. The topological polar surface area (TPSA) is 109 Å². The van der Waals surface area contributed by atoms with Crippen molar-refractivity contribution in [2.24, 2.45) is 0 Å². The molecule has 16 heteroatoms. The van der Waals surface area contributed by atoms with Crippen molar-refractivity contribution < 1.29 is 4.92 Å². The lowest BCUT2D eigenvalue weighted by atomic mass is 10.2. The average Bonchev–Trinajstić information content (AvgIpc) is 3.42. The molecule has 0 spiro atoms. The maximum absolute atomic E-state index is 13.1. The SMILES string of the molecule is O=[N+]([O-])c1c(Cl)c(Cl)c(Cl)c(Cl)c1Cl.O=c1c2ccccc2nc(-n2cncn2)n1-c1ccc(Cl)cc1Cl. The first-order chi connectivity index (χ1) is 18.0. The maximum Gasteiger partial charge on any atom is 0.309 e. The molecule has 0 N–H and O–H groups in total. The lowest BCUT2D eigenvalue weighted by molar-refractivity contribution is -0.384. The number of benzene rings is 3. The van der Waals surface area contributed by atoms with E-state index >= 15 is 0 Å². The molecule has 2 heterocycles. The van der Waals surface area contributed by atoms with Gasteiger partial charge in [0.2, 0.25) is 5.95 Å². The molecule has 38 heavy (non-hydrogen) atoms. The Hall–Kier alpha value is -2.63. The van der Waals surface area contributed by atoms with Crippen LogP contribution in [-0.2, 0) is 0 Å². The zero-order chi connectivity index (χ0) is 27.7. The molecular formula is C22H9Cl7N6O3. The average molecular weight is 654 g/mol. The van der Waals surface area contributed by atoms with Gasteiger partial charge in [0.25, 0.3) is 5.56 Å². The Morgan fingerprint density at radius 1 is 0.842 bits per heavy atom. The van der Waals surface area contributed by atoms with Crippen LogP contribution in [0.2, 0.25) is 35.2 Å². The van der Waals surface area contributed by atoms with Crippen LogP contribution >= 0.6 is 81.2 Å². The minimum absolute atomic E-state index is 0.103. The normalized spacial score (nSPS) is 10.8. The summed E-state index contributed by atoms with van der Waals surface area (Å²) in [5.41, 5.74) is 0.229. The van der Waals surface area contributed by atoms with Crippen LogP contribution in [0.25, 0.3) is 22.5 Å². The van der Waals surface area contributed by atoms with E-state index in [0.29, 0.717) is 32.6 Å². The van der Waals surface area contributed by atoms with Crippen molar-refractivity contribution >= 4 is 97.8 Å². The van der Waals surface area contributed by atoms with Gasteiger partial charge in [-0.05, 0) is 30.3 Å². The second-order valence-corrected chi connectivity index (χ2v) is 9.91. The first kappa shape index (κ1) is 28.4. The minimum atomic E-state index is -0.779. The van der Waals surface area contributed by atoms with E-state index in [-0.39, 0.29) is 30.7 Å². The Balaban J connectivity index is 0.000000206. The van der Waals surface area contributed by atoms with Crippen LogP contribution in [0.1, 0.15) is 0 Å². The highest BCUT2D eigenvalue weighted by molar-refractivity contribution is 6.56. The summed E-state index contributed by atoms with van der Waals surface area (Å²) in [5, 5.41) is 14.8. The number of hydrogen-bond donors (Lipinski definition) is 0. The van der Waals surface area contributed by atoms with Crippen LogP contribution < -0.4 is 5.56 Å². The Labute approximate surface area is 248 Å². The molecule has 0 aliphatic rings. The van der Waals surface area contributed by atoms with Gasteiger partial charge in [0.1, 0.15) is 22.7 Å². The van der Waals surface area contributed by atoms with Gasteiger partial charge in [-0.15, -0.1) is 0 Å². The quantitative estimate of drug-likeness (QED) is 0.0842. The highest BCUT2D eigenvalue weighted by Crippen LogP contribution is 2.47. The third kappa shape index (κ3) is 5.41. The lowest BCUT2D eigenvalue weighted by Crippen LogP contribution is -2.25. The molecule has 0 unspecified atom stereocenters. The Bertz CT molecular complexity index is 1730. The van der Waals surface area contributed by atoms with Crippen molar-refractivity contribution in [3.8, 4) is 11.6 Å². The van der Waals surface area contributed by atoms with Gasteiger partial charge in [0.05, 0.1) is 41.6 Å². The Morgan fingerprint density at radius 3 is 2.05 bits per heavy atom. The number of para-hydroxylation sites is 1. The predicted octanol–water partition coefficient (Wildman–Crippen LogP) is 8.13. The summed E-state index contributed by atoms with van der Waals surface area (Å²) in [4.78, 5) is 31.3. The van der Waals surface area contributed by atoms with Crippen LogP contribution in [0.15, 0.2) is 59.9 Å². The van der Waals surface area contributed by atoms with Gasteiger partial charge in [-0.2, -0.15) is 9.78 Å². The molecule has 0 saturated heterocycles. The van der Waals surface area contributed by atoms with Gasteiger partial charge in [-0.3, -0.25) is 14.9 Å². The van der Waals surface area contributed by atoms with E-state index in [1.165, 1.54) is 21.9 Å². The summed E-state index contributed by atoms with van der Waals surface area (Å²) in [6, 6.07) is 12.0. The number of rotatable bonds is 3. The van der Waals surface area contributed by atoms with E-state index < -0.39 is 10.6 Å². The molecule has 0 fully saturated rings. The second-order valence-electron chi connectivity index (χ2n) is 7.18. The number of halogens is 7. The van der Waals surface area contributed by atoms with E-state index in [2.05, 4.69) is 15.1 Å². The second kappa shape index (κ2) is 11.6. The smallest absolute Gasteiger partial charge is 0.268 e. The van der Waals surface area contributed by atoms with E-state index in [1.54, 1.807) is 36.4 Å². The van der Waals surface area contributed by atoms with E-state index in [1.807, 2.05) is 6.07 Å². The fraction of sp³-hybridized carbons (Fsp3) is 0. The van der Waals surface area contributed by atoms with Gasteiger partial charge in [-0.1, -0.05) is 93.3 Å². The van der Waals surface area contributed by atoms with E-state index in [9.17, 15) is 14.9 Å². The zero-order valence-corrected chi connectivity index (χ0v) is 23.5. The minimum Gasteiger partial charge on any atom is -0.268 e. The summed E-state index contributed by atoms with van der Waals surface area (Å²) < 4.78 is 2.81. The monoisotopic (exact) mass is 650 g/mol. The molecule has 9 nitrogen and oxygen atoms in total. The summed E-state index contributed by atoms with van der Waals surface area (Å²) in [5.74, 6) is 0.292. The summed E-state index contributed by atoms with van der Waals surface area (Å²) in [6.07, 6.45) is 2.84. The third-order valence-corrected chi connectivity index (χ3v) is 7.70. The van der Waals surface area contributed by atoms with E-state index in [0.717, 1.165) is 0 Å². The molecule has 3 aromatic carbocycles. The summed E-state index contributed by atoms with van der Waals surface area (Å²) >= 11 is 40.2. The van der Waals surface area contributed by atoms with Crippen molar-refractivity contribution in [2.75, 3.05) is 0 Å². The molecule has 0 saturated carbocycles. The van der Waals surface area contributed by atoms with Crippen molar-refractivity contribution in [1.82, 2.24) is 24.3 Å². The summed E-state index contributed by atoms with van der Waals surface area (Å²) in [7, 11) is 0. The first-order valence-electron chi connectivity index (χ1n) is 10.0. The molecule has 0 atom stereocenters. The van der Waals surface area contributed by atoms with Crippen LogP contribution in [0.4, 0.5) is 5.69 Å². The number of hydrogen-bond acceptors (Lipinski definition) is 6. The molecule has 0 aliphatic carbocycles. The molecule has 5 aromatic rings. The van der Waals surface area contributed by atoms with Crippen LogP contribution in [0.5, 0.6) is 0 Å². The number of fused-ring (bicyclic) bond motifs is 1. The third-order valence-electron chi connectivity index (χ3n) is 4.90. The molecule has 194 valence electrons. The van der Waals surface area contributed by atoms with Gasteiger partial charge >= 0.3 is 5.69 Å². The molecule has 0 bridgehead atoms. The molecular weight excluding hydrogens is 644 g/mol. The Kier molecular flexibility index (Phi) is 8.68. The predicted molar refractivity (Wildman–Crippen MR) is 150 cm³/mol. The number of nitrogens with zero attached hydrogens (tertiary/aromatic N) is 6. The van der Waals surface area contributed by atoms with Crippen LogP contribution in [0, 0.1) is 10.1 Å². The molecule has 2 aromatic heterocycles. The van der Waals surface area contributed by atoms with Crippen molar-refractivity contribution in [2.45, 2.75) is 0 Å². The van der Waals surface area contributed by atoms with Crippen molar-refractivity contribution in [3.05, 3.63) is 111 Å². The van der Waals surface area contributed by atoms with Crippen LogP contribution in [-0.4, -0.2) is 29.2 Å². The van der Waals surface area contributed by atoms with Crippen LogP contribution in [0.3, 0.4) is 0 Å². The van der Waals surface area contributed by atoms with Crippen molar-refractivity contribution in [3.63, 3.8) is 0 Å². The van der Waals surface area contributed by atoms with Gasteiger partial charge < -0.3 is 0 Å². The molecule has 0 radical (unpaired) electrons. The maximum atomic E-state index is 13.1. The lowest BCUT2D eigenvalue weighted by Gasteiger charge is -2.14. The van der Waals surface area contributed by atoms with E-state index in [4.69, 9.17) is 81.2 Å². The highest BCUT2D eigenvalue weighted by Gasteiger charge is 2.27. The fourth-order valence-electron chi connectivity index (χ4n) is 3.22. The number of nitro benzene ring substituents is 1.